The number of para-hydroxylation sites is 1. The molecule has 0 fully saturated rings. The second-order valence-corrected chi connectivity index (χ2v) is 7.02. The zero-order chi connectivity index (χ0) is 20.4. The molecular weight excluding hydrogens is 366 g/mol. The van der Waals surface area contributed by atoms with E-state index in [1.807, 2.05) is 61.1 Å². The van der Waals surface area contributed by atoms with Crippen LogP contribution in [0.1, 0.15) is 25.6 Å². The van der Waals surface area contributed by atoms with Crippen molar-refractivity contribution in [3.8, 4) is 0 Å². The number of hydrogen-bond acceptors (Lipinski definition) is 4. The lowest BCUT2D eigenvalue weighted by molar-refractivity contribution is -0.116. The molecule has 1 N–H and O–H groups in total. The number of carbonyl (C=O) groups excluding carboxylic acids is 1. The van der Waals surface area contributed by atoms with E-state index < -0.39 is 0 Å². The van der Waals surface area contributed by atoms with Gasteiger partial charge < -0.3 is 5.32 Å². The molecule has 0 aliphatic carbocycles. The summed E-state index contributed by atoms with van der Waals surface area (Å²) in [5, 5.41) is 8.90. The van der Waals surface area contributed by atoms with Gasteiger partial charge in [-0.15, -0.1) is 0 Å². The quantitative estimate of drug-likeness (QED) is 0.547. The average molecular weight is 389 g/mol. The molecule has 2 heterocycles. The van der Waals surface area contributed by atoms with E-state index in [0.29, 0.717) is 36.1 Å². The fourth-order valence-electron chi connectivity index (χ4n) is 3.56. The molecule has 0 radical (unpaired) electrons. The molecule has 0 saturated carbocycles. The zero-order valence-electron chi connectivity index (χ0n) is 16.6. The Bertz CT molecular complexity index is 1260. The van der Waals surface area contributed by atoms with Crippen molar-refractivity contribution >= 4 is 33.4 Å². The summed E-state index contributed by atoms with van der Waals surface area (Å²) >= 11 is 0. The first-order valence-corrected chi connectivity index (χ1v) is 9.78. The third kappa shape index (κ3) is 3.76. The molecule has 0 saturated heterocycles. The molecule has 4 aromatic rings. The van der Waals surface area contributed by atoms with Gasteiger partial charge in [-0.3, -0.25) is 18.8 Å². The van der Waals surface area contributed by atoms with Crippen molar-refractivity contribution in [3.63, 3.8) is 0 Å². The number of fused-ring (bicyclic) bond motifs is 2. The average Bonchev–Trinajstić information content (AvgIpc) is 3.13. The first-order chi connectivity index (χ1) is 14.1. The number of aryl methyl sites for hydroxylation is 2. The lowest BCUT2D eigenvalue weighted by Gasteiger charge is -2.11. The Balaban J connectivity index is 1.42. The molecular formula is C22H23N5O2. The highest BCUT2D eigenvalue weighted by atomic mass is 16.1. The molecule has 1 amide bonds. The largest absolute Gasteiger partial charge is 0.326 e. The van der Waals surface area contributed by atoms with Gasteiger partial charge in [0.2, 0.25) is 5.91 Å². The maximum absolute atomic E-state index is 12.7. The molecule has 0 aliphatic rings. The summed E-state index contributed by atoms with van der Waals surface area (Å²) in [5.74, 6) is 0.582. The monoisotopic (exact) mass is 389 g/mol. The third-order valence-corrected chi connectivity index (χ3v) is 5.07. The van der Waals surface area contributed by atoms with Crippen molar-refractivity contribution in [1.29, 1.82) is 0 Å². The fourth-order valence-corrected chi connectivity index (χ4v) is 3.56. The van der Waals surface area contributed by atoms with Crippen LogP contribution in [0.2, 0.25) is 0 Å². The van der Waals surface area contributed by atoms with Gasteiger partial charge in [0.1, 0.15) is 5.82 Å². The van der Waals surface area contributed by atoms with Gasteiger partial charge in [0.25, 0.3) is 5.56 Å². The predicted molar refractivity (Wildman–Crippen MR) is 114 cm³/mol. The lowest BCUT2D eigenvalue weighted by Crippen LogP contribution is -2.24. The van der Waals surface area contributed by atoms with Gasteiger partial charge >= 0.3 is 0 Å². The third-order valence-electron chi connectivity index (χ3n) is 5.07. The van der Waals surface area contributed by atoms with Crippen LogP contribution in [0.25, 0.3) is 21.8 Å². The van der Waals surface area contributed by atoms with E-state index in [1.54, 1.807) is 10.6 Å². The predicted octanol–water partition coefficient (Wildman–Crippen LogP) is 3.49. The number of nitrogens with one attached hydrogen (secondary N) is 1. The highest BCUT2D eigenvalue weighted by Gasteiger charge is 2.10. The number of rotatable bonds is 6. The lowest BCUT2D eigenvalue weighted by atomic mass is 10.2. The Hall–Kier alpha value is -3.48. The van der Waals surface area contributed by atoms with Crippen LogP contribution >= 0.6 is 0 Å². The van der Waals surface area contributed by atoms with Crippen molar-refractivity contribution < 1.29 is 4.79 Å². The first kappa shape index (κ1) is 18.9. The van der Waals surface area contributed by atoms with E-state index in [-0.39, 0.29) is 11.5 Å². The van der Waals surface area contributed by atoms with Crippen LogP contribution < -0.4 is 10.9 Å². The summed E-state index contributed by atoms with van der Waals surface area (Å²) in [5.41, 5.74) is 2.38. The number of aromatic nitrogens is 4. The van der Waals surface area contributed by atoms with Crippen molar-refractivity contribution in [3.05, 3.63) is 64.8 Å². The summed E-state index contributed by atoms with van der Waals surface area (Å²) in [7, 11) is 0. The van der Waals surface area contributed by atoms with Gasteiger partial charge in [0.05, 0.1) is 22.6 Å². The van der Waals surface area contributed by atoms with Gasteiger partial charge in [-0.05, 0) is 50.6 Å². The molecule has 0 bridgehead atoms. The highest BCUT2D eigenvalue weighted by Crippen LogP contribution is 2.19. The van der Waals surface area contributed by atoms with Crippen molar-refractivity contribution in [2.75, 3.05) is 5.32 Å². The van der Waals surface area contributed by atoms with E-state index >= 15 is 0 Å². The smallest absolute Gasteiger partial charge is 0.261 e. The molecule has 2 aromatic heterocycles. The van der Waals surface area contributed by atoms with Gasteiger partial charge in [0.15, 0.2) is 0 Å². The maximum Gasteiger partial charge on any atom is 0.261 e. The Morgan fingerprint density at radius 1 is 1.17 bits per heavy atom. The summed E-state index contributed by atoms with van der Waals surface area (Å²) < 4.78 is 3.54. The molecule has 0 atom stereocenters. The van der Waals surface area contributed by atoms with Crippen LogP contribution in [0.5, 0.6) is 0 Å². The SMILES string of the molecule is CCn1ncc2ccc(NC(=O)CCCn3c(C)nc4ccccc4c3=O)cc21. The number of hydrogen-bond donors (Lipinski definition) is 1. The van der Waals surface area contributed by atoms with Crippen LogP contribution in [0.4, 0.5) is 5.69 Å². The molecule has 29 heavy (non-hydrogen) atoms. The van der Waals surface area contributed by atoms with E-state index in [4.69, 9.17) is 0 Å². The Morgan fingerprint density at radius 3 is 2.83 bits per heavy atom. The topological polar surface area (TPSA) is 81.8 Å². The molecule has 148 valence electrons. The zero-order valence-corrected chi connectivity index (χ0v) is 16.6. The fraction of sp³-hybridized carbons (Fsp3) is 0.273. The van der Waals surface area contributed by atoms with Gasteiger partial charge in [0, 0.05) is 30.6 Å². The molecule has 4 rings (SSSR count). The molecule has 7 nitrogen and oxygen atoms in total. The minimum absolute atomic E-state index is 0.0632. The van der Waals surface area contributed by atoms with Crippen LogP contribution in [-0.2, 0) is 17.9 Å². The highest BCUT2D eigenvalue weighted by molar-refractivity contribution is 5.93. The second-order valence-electron chi connectivity index (χ2n) is 7.02. The first-order valence-electron chi connectivity index (χ1n) is 9.78. The number of nitrogens with zero attached hydrogens (tertiary/aromatic N) is 4. The summed E-state index contributed by atoms with van der Waals surface area (Å²) in [4.78, 5) is 29.6. The number of amides is 1. The molecule has 0 unspecified atom stereocenters. The minimum Gasteiger partial charge on any atom is -0.326 e. The van der Waals surface area contributed by atoms with E-state index in [0.717, 1.165) is 23.1 Å². The number of benzene rings is 2. The van der Waals surface area contributed by atoms with Crippen molar-refractivity contribution in [1.82, 2.24) is 19.3 Å². The van der Waals surface area contributed by atoms with E-state index in [2.05, 4.69) is 15.4 Å². The second kappa shape index (κ2) is 7.87. The van der Waals surface area contributed by atoms with Gasteiger partial charge in [-0.25, -0.2) is 4.98 Å². The molecule has 0 aliphatic heterocycles. The normalized spacial score (nSPS) is 11.2. The summed E-state index contributed by atoms with van der Waals surface area (Å²) in [6.07, 6.45) is 2.70. The molecule has 7 heteroatoms. The summed E-state index contributed by atoms with van der Waals surface area (Å²) in [6, 6.07) is 13.1. The van der Waals surface area contributed by atoms with E-state index in [9.17, 15) is 9.59 Å². The van der Waals surface area contributed by atoms with Gasteiger partial charge in [-0.1, -0.05) is 12.1 Å². The number of anilines is 1. The van der Waals surface area contributed by atoms with Crippen LogP contribution in [0.15, 0.2) is 53.5 Å². The maximum atomic E-state index is 12.7. The number of carbonyl (C=O) groups is 1. The van der Waals surface area contributed by atoms with E-state index in [1.165, 1.54) is 0 Å². The van der Waals surface area contributed by atoms with Crippen LogP contribution in [0, 0.1) is 6.92 Å². The summed E-state index contributed by atoms with van der Waals surface area (Å²) in [6.45, 7) is 5.08. The minimum atomic E-state index is -0.0774. The van der Waals surface area contributed by atoms with Crippen LogP contribution in [-0.4, -0.2) is 25.2 Å². The van der Waals surface area contributed by atoms with Crippen molar-refractivity contribution in [2.24, 2.45) is 0 Å². The van der Waals surface area contributed by atoms with Crippen LogP contribution in [0.3, 0.4) is 0 Å². The molecule has 0 spiro atoms. The molecule has 2 aromatic carbocycles. The van der Waals surface area contributed by atoms with Crippen molar-refractivity contribution in [2.45, 2.75) is 39.8 Å². The Labute approximate surface area is 168 Å². The van der Waals surface area contributed by atoms with Gasteiger partial charge in [-0.2, -0.15) is 5.10 Å². The standard InChI is InChI=1S/C22H23N5O2/c1-3-27-20-13-17(11-10-16(20)14-23-27)25-21(28)9-6-12-26-15(2)24-19-8-5-4-7-18(19)22(26)29/h4-5,7-8,10-11,13-14H,3,6,9,12H2,1-2H3,(H,25,28). The Morgan fingerprint density at radius 2 is 2.00 bits per heavy atom. The Kier molecular flexibility index (Phi) is 5.12.